The topological polar surface area (TPSA) is 84.9 Å². The lowest BCUT2D eigenvalue weighted by atomic mass is 9.92. The number of carbonyl (C=O) groups excluding carboxylic acids is 1. The summed E-state index contributed by atoms with van der Waals surface area (Å²) < 4.78 is 10.3. The van der Waals surface area contributed by atoms with Crippen LogP contribution in [-0.2, 0) is 27.2 Å². The average Bonchev–Trinajstić information content (AvgIpc) is 2.52. The molecule has 6 heteroatoms. The zero-order chi connectivity index (χ0) is 15.8. The summed E-state index contributed by atoms with van der Waals surface area (Å²) in [5, 5.41) is 11.0. The van der Waals surface area contributed by atoms with E-state index in [9.17, 15) is 9.59 Å². The normalized spacial score (nSPS) is 13.3. The van der Waals surface area contributed by atoms with E-state index in [0.717, 1.165) is 12.8 Å². The van der Waals surface area contributed by atoms with Gasteiger partial charge in [0.1, 0.15) is 12.4 Å². The molecule has 0 bridgehead atoms. The van der Waals surface area contributed by atoms with Crippen LogP contribution in [0.4, 0.5) is 0 Å². The maximum Gasteiger partial charge on any atom is 0.329 e. The molecule has 0 saturated carbocycles. The second kappa shape index (κ2) is 8.38. The Labute approximate surface area is 129 Å². The molecule has 0 saturated heterocycles. The Balaban J connectivity index is 1.67. The molecule has 1 aliphatic carbocycles. The third kappa shape index (κ3) is 5.37. The van der Waals surface area contributed by atoms with Crippen LogP contribution in [0.2, 0.25) is 0 Å². The lowest BCUT2D eigenvalue weighted by Gasteiger charge is -2.16. The first kappa shape index (κ1) is 16.3. The van der Waals surface area contributed by atoms with Crippen LogP contribution in [0, 0.1) is 0 Å². The fourth-order valence-electron chi connectivity index (χ4n) is 2.42. The number of hydrogen-bond acceptors (Lipinski definition) is 4. The molecule has 0 aromatic heterocycles. The van der Waals surface area contributed by atoms with Crippen molar-refractivity contribution < 1.29 is 24.2 Å². The van der Waals surface area contributed by atoms with E-state index in [0.29, 0.717) is 5.75 Å². The van der Waals surface area contributed by atoms with Crippen molar-refractivity contribution in [3.05, 3.63) is 29.3 Å². The number of ether oxygens (including phenoxy) is 2. The van der Waals surface area contributed by atoms with Crippen LogP contribution in [0.5, 0.6) is 5.75 Å². The SMILES string of the molecule is O=C(O)COCCNC(=O)COc1ccc2c(c1)CCCC2. The van der Waals surface area contributed by atoms with Crippen LogP contribution in [0.15, 0.2) is 18.2 Å². The molecule has 0 fully saturated rings. The van der Waals surface area contributed by atoms with E-state index in [-0.39, 0.29) is 32.3 Å². The van der Waals surface area contributed by atoms with Crippen molar-refractivity contribution in [1.29, 1.82) is 0 Å². The third-order valence-electron chi connectivity index (χ3n) is 3.48. The molecule has 2 N–H and O–H groups in total. The van der Waals surface area contributed by atoms with Gasteiger partial charge in [-0.05, 0) is 48.9 Å². The second-order valence-corrected chi connectivity index (χ2v) is 5.22. The first-order valence-electron chi connectivity index (χ1n) is 7.46. The van der Waals surface area contributed by atoms with E-state index in [4.69, 9.17) is 14.6 Å². The number of rotatable bonds is 8. The number of carboxylic acids is 1. The van der Waals surface area contributed by atoms with Crippen molar-refractivity contribution in [2.45, 2.75) is 25.7 Å². The van der Waals surface area contributed by atoms with Crippen LogP contribution in [0.25, 0.3) is 0 Å². The van der Waals surface area contributed by atoms with Gasteiger partial charge in [0, 0.05) is 6.54 Å². The van der Waals surface area contributed by atoms with Crippen LogP contribution >= 0.6 is 0 Å². The van der Waals surface area contributed by atoms with Gasteiger partial charge in [0.2, 0.25) is 0 Å². The summed E-state index contributed by atoms with van der Waals surface area (Å²) >= 11 is 0. The Morgan fingerprint density at radius 2 is 1.91 bits per heavy atom. The molecule has 0 radical (unpaired) electrons. The molecule has 1 amide bonds. The van der Waals surface area contributed by atoms with Crippen molar-refractivity contribution in [2.24, 2.45) is 0 Å². The first-order valence-corrected chi connectivity index (χ1v) is 7.46. The maximum absolute atomic E-state index is 11.6. The molecule has 0 heterocycles. The summed E-state index contributed by atoms with van der Waals surface area (Å²) in [4.78, 5) is 21.8. The van der Waals surface area contributed by atoms with Gasteiger partial charge in [0.15, 0.2) is 6.61 Å². The highest BCUT2D eigenvalue weighted by Crippen LogP contribution is 2.25. The molecule has 1 aromatic carbocycles. The number of fused-ring (bicyclic) bond motifs is 1. The summed E-state index contributed by atoms with van der Waals surface area (Å²) in [6.07, 6.45) is 4.62. The Morgan fingerprint density at radius 3 is 2.68 bits per heavy atom. The number of nitrogens with one attached hydrogen (secondary N) is 1. The Morgan fingerprint density at radius 1 is 1.14 bits per heavy atom. The van der Waals surface area contributed by atoms with Gasteiger partial charge < -0.3 is 19.9 Å². The number of carbonyl (C=O) groups is 2. The Kier molecular flexibility index (Phi) is 6.21. The van der Waals surface area contributed by atoms with Gasteiger partial charge in [-0.15, -0.1) is 0 Å². The highest BCUT2D eigenvalue weighted by Gasteiger charge is 2.10. The van der Waals surface area contributed by atoms with Crippen molar-refractivity contribution in [1.82, 2.24) is 5.32 Å². The molecule has 2 rings (SSSR count). The van der Waals surface area contributed by atoms with Gasteiger partial charge in [0.05, 0.1) is 6.61 Å². The van der Waals surface area contributed by atoms with Crippen LogP contribution < -0.4 is 10.1 Å². The first-order chi connectivity index (χ1) is 10.6. The van der Waals surface area contributed by atoms with Crippen molar-refractivity contribution in [2.75, 3.05) is 26.4 Å². The fraction of sp³-hybridized carbons (Fsp3) is 0.500. The molecular weight excluding hydrogens is 286 g/mol. The van der Waals surface area contributed by atoms with E-state index in [1.54, 1.807) is 0 Å². The van der Waals surface area contributed by atoms with Gasteiger partial charge >= 0.3 is 5.97 Å². The van der Waals surface area contributed by atoms with Crippen LogP contribution in [0.1, 0.15) is 24.0 Å². The predicted octanol–water partition coefficient (Wildman–Crippen LogP) is 1.16. The highest BCUT2D eigenvalue weighted by molar-refractivity contribution is 5.77. The largest absolute Gasteiger partial charge is 0.484 e. The molecule has 6 nitrogen and oxygen atoms in total. The van der Waals surface area contributed by atoms with E-state index < -0.39 is 5.97 Å². The van der Waals surface area contributed by atoms with E-state index in [1.165, 1.54) is 24.0 Å². The number of aliphatic carboxylic acids is 1. The van der Waals surface area contributed by atoms with Crippen molar-refractivity contribution in [3.8, 4) is 5.75 Å². The molecular formula is C16H21NO5. The van der Waals surface area contributed by atoms with Gasteiger partial charge in [0.25, 0.3) is 5.91 Å². The lowest BCUT2D eigenvalue weighted by Crippen LogP contribution is -2.32. The predicted molar refractivity (Wildman–Crippen MR) is 80.0 cm³/mol. The Bertz CT molecular complexity index is 529. The monoisotopic (exact) mass is 307 g/mol. The van der Waals surface area contributed by atoms with E-state index in [2.05, 4.69) is 11.4 Å². The molecule has 1 aliphatic rings. The summed E-state index contributed by atoms with van der Waals surface area (Å²) in [5.41, 5.74) is 2.69. The molecule has 0 unspecified atom stereocenters. The average molecular weight is 307 g/mol. The fourth-order valence-corrected chi connectivity index (χ4v) is 2.42. The van der Waals surface area contributed by atoms with Gasteiger partial charge in [-0.25, -0.2) is 4.79 Å². The van der Waals surface area contributed by atoms with Gasteiger partial charge in [-0.1, -0.05) is 6.07 Å². The zero-order valence-electron chi connectivity index (χ0n) is 12.5. The number of amides is 1. The third-order valence-corrected chi connectivity index (χ3v) is 3.48. The number of benzene rings is 1. The van der Waals surface area contributed by atoms with Crippen LogP contribution in [0.3, 0.4) is 0 Å². The van der Waals surface area contributed by atoms with E-state index >= 15 is 0 Å². The van der Waals surface area contributed by atoms with Crippen molar-refractivity contribution >= 4 is 11.9 Å². The summed E-state index contributed by atoms with van der Waals surface area (Å²) in [6.45, 7) is 0.00968. The molecule has 22 heavy (non-hydrogen) atoms. The van der Waals surface area contributed by atoms with Gasteiger partial charge in [-0.2, -0.15) is 0 Å². The Hall–Kier alpha value is -2.08. The summed E-state index contributed by atoms with van der Waals surface area (Å²) in [6, 6.07) is 5.98. The molecule has 1 aromatic rings. The smallest absolute Gasteiger partial charge is 0.329 e. The second-order valence-electron chi connectivity index (χ2n) is 5.22. The maximum atomic E-state index is 11.6. The summed E-state index contributed by atoms with van der Waals surface area (Å²) in [5.74, 6) is -0.573. The van der Waals surface area contributed by atoms with Crippen molar-refractivity contribution in [3.63, 3.8) is 0 Å². The molecule has 0 aliphatic heterocycles. The summed E-state index contributed by atoms with van der Waals surface area (Å²) in [7, 11) is 0. The molecule has 0 spiro atoms. The van der Waals surface area contributed by atoms with Gasteiger partial charge in [-0.3, -0.25) is 4.79 Å². The quantitative estimate of drug-likeness (QED) is 0.704. The minimum atomic E-state index is -1.03. The highest BCUT2D eigenvalue weighted by atomic mass is 16.5. The van der Waals surface area contributed by atoms with Crippen LogP contribution in [-0.4, -0.2) is 43.3 Å². The minimum Gasteiger partial charge on any atom is -0.484 e. The number of aryl methyl sites for hydroxylation is 2. The number of hydrogen-bond donors (Lipinski definition) is 2. The van der Waals surface area contributed by atoms with E-state index in [1.807, 2.05) is 12.1 Å². The molecule has 120 valence electrons. The standard InChI is InChI=1S/C16H21NO5/c18-15(17-7-8-21-11-16(19)20)10-22-14-6-5-12-3-1-2-4-13(12)9-14/h5-6,9H,1-4,7-8,10-11H2,(H,17,18)(H,19,20). The zero-order valence-corrected chi connectivity index (χ0v) is 12.5. The lowest BCUT2D eigenvalue weighted by molar-refractivity contribution is -0.142. The minimum absolute atomic E-state index is 0.0578. The molecule has 0 atom stereocenters. The number of carboxylic acid groups (broad SMARTS) is 1.